The van der Waals surface area contributed by atoms with Crippen LogP contribution >= 0.6 is 0 Å². The molecule has 0 saturated heterocycles. The molecule has 0 aromatic rings. The standard InChI is InChI=1S/C5H14N4O/c1-3-4(2)10-9-8-5(6)7/h4,9H,3H2,1-2H3,(H4,6,7,8). The van der Waals surface area contributed by atoms with Gasteiger partial charge in [-0.1, -0.05) is 6.92 Å². The molecule has 5 N–H and O–H groups in total. The van der Waals surface area contributed by atoms with Crippen LogP contribution in [0, 0.1) is 0 Å². The molecule has 1 atom stereocenters. The third-order valence-corrected chi connectivity index (χ3v) is 1.00. The molecule has 10 heavy (non-hydrogen) atoms. The van der Waals surface area contributed by atoms with E-state index in [0.29, 0.717) is 0 Å². The van der Waals surface area contributed by atoms with E-state index in [9.17, 15) is 0 Å². The molecule has 0 radical (unpaired) electrons. The average molecular weight is 146 g/mol. The van der Waals surface area contributed by atoms with Crippen LogP contribution < -0.4 is 17.1 Å². The summed E-state index contributed by atoms with van der Waals surface area (Å²) in [5.74, 6) is -0.0386. The third-order valence-electron chi connectivity index (χ3n) is 1.00. The molecule has 0 heterocycles. The normalized spacial score (nSPS) is 12.2. The molecule has 0 fully saturated rings. The van der Waals surface area contributed by atoms with Gasteiger partial charge in [0, 0.05) is 0 Å². The number of hydrogen-bond donors (Lipinski definition) is 3. The highest BCUT2D eigenvalue weighted by atomic mass is 16.7. The summed E-state index contributed by atoms with van der Waals surface area (Å²) in [5, 5.41) is 3.41. The first-order valence-corrected chi connectivity index (χ1v) is 3.16. The monoisotopic (exact) mass is 146 g/mol. The van der Waals surface area contributed by atoms with Crippen molar-refractivity contribution in [1.29, 1.82) is 0 Å². The van der Waals surface area contributed by atoms with Crippen molar-refractivity contribution in [1.82, 2.24) is 5.59 Å². The number of guanidine groups is 1. The quantitative estimate of drug-likeness (QED) is 0.283. The molecular formula is C5H14N4O. The van der Waals surface area contributed by atoms with Crippen molar-refractivity contribution < 1.29 is 4.84 Å². The van der Waals surface area contributed by atoms with E-state index in [1.807, 2.05) is 13.8 Å². The minimum Gasteiger partial charge on any atom is -0.369 e. The first-order valence-electron chi connectivity index (χ1n) is 3.16. The SMILES string of the molecule is CCC(C)ONN=C(N)N. The average Bonchev–Trinajstić information content (AvgIpc) is 1.87. The molecule has 0 saturated carbocycles. The number of hydrazone groups is 1. The zero-order valence-corrected chi connectivity index (χ0v) is 6.29. The van der Waals surface area contributed by atoms with Crippen LogP contribution in [-0.4, -0.2) is 12.1 Å². The summed E-state index contributed by atoms with van der Waals surface area (Å²) < 4.78 is 0. The summed E-state index contributed by atoms with van der Waals surface area (Å²) in [6.45, 7) is 3.91. The minimum absolute atomic E-state index is 0.0386. The molecule has 5 nitrogen and oxygen atoms in total. The van der Waals surface area contributed by atoms with Crippen molar-refractivity contribution in [3.63, 3.8) is 0 Å². The molecule has 0 aromatic heterocycles. The van der Waals surface area contributed by atoms with Crippen molar-refractivity contribution in [3.05, 3.63) is 0 Å². The Labute approximate surface area is 60.4 Å². The summed E-state index contributed by atoms with van der Waals surface area (Å²) in [5.41, 5.74) is 12.3. The van der Waals surface area contributed by atoms with E-state index in [1.54, 1.807) is 0 Å². The van der Waals surface area contributed by atoms with Gasteiger partial charge in [-0.3, -0.25) is 4.84 Å². The van der Waals surface area contributed by atoms with Crippen molar-refractivity contribution in [3.8, 4) is 0 Å². The summed E-state index contributed by atoms with van der Waals surface area (Å²) in [4.78, 5) is 4.90. The van der Waals surface area contributed by atoms with Crippen LogP contribution in [0.2, 0.25) is 0 Å². The van der Waals surface area contributed by atoms with E-state index in [2.05, 4.69) is 10.7 Å². The Morgan fingerprint density at radius 3 is 2.70 bits per heavy atom. The Bertz CT molecular complexity index is 110. The third kappa shape index (κ3) is 5.17. The molecule has 0 aliphatic carbocycles. The molecule has 0 bridgehead atoms. The molecule has 0 rings (SSSR count). The molecule has 5 heteroatoms. The van der Waals surface area contributed by atoms with Crippen LogP contribution in [0.15, 0.2) is 5.10 Å². The Kier molecular flexibility index (Phi) is 4.39. The highest BCUT2D eigenvalue weighted by molar-refractivity contribution is 5.75. The molecule has 0 aliphatic heterocycles. The van der Waals surface area contributed by atoms with E-state index < -0.39 is 0 Å². The summed E-state index contributed by atoms with van der Waals surface area (Å²) in [6.07, 6.45) is 1.02. The lowest BCUT2D eigenvalue weighted by atomic mass is 10.3. The lowest BCUT2D eigenvalue weighted by molar-refractivity contribution is -0.0151. The van der Waals surface area contributed by atoms with Crippen molar-refractivity contribution in [2.45, 2.75) is 26.4 Å². The van der Waals surface area contributed by atoms with Crippen LogP contribution in [0.25, 0.3) is 0 Å². The van der Waals surface area contributed by atoms with E-state index in [1.165, 1.54) is 0 Å². The topological polar surface area (TPSA) is 85.7 Å². The zero-order valence-electron chi connectivity index (χ0n) is 6.29. The van der Waals surface area contributed by atoms with E-state index in [-0.39, 0.29) is 12.1 Å². The van der Waals surface area contributed by atoms with Gasteiger partial charge in [-0.15, -0.1) is 5.10 Å². The van der Waals surface area contributed by atoms with Gasteiger partial charge in [-0.05, 0) is 13.3 Å². The summed E-state index contributed by atoms with van der Waals surface area (Å²) in [6, 6.07) is 0. The second-order valence-electron chi connectivity index (χ2n) is 1.96. The number of rotatable bonds is 4. The molecule has 0 aliphatic rings. The highest BCUT2D eigenvalue weighted by Crippen LogP contribution is 1.90. The van der Waals surface area contributed by atoms with E-state index in [4.69, 9.17) is 16.3 Å². The van der Waals surface area contributed by atoms with Gasteiger partial charge < -0.3 is 11.5 Å². The number of nitrogens with zero attached hydrogens (tertiary/aromatic N) is 1. The first-order chi connectivity index (χ1) is 4.66. The fraction of sp³-hybridized carbons (Fsp3) is 0.800. The predicted octanol–water partition coefficient (Wildman–Crippen LogP) is -0.505. The lowest BCUT2D eigenvalue weighted by Crippen LogP contribution is -2.27. The van der Waals surface area contributed by atoms with Crippen LogP contribution in [0.5, 0.6) is 0 Å². The Hall–Kier alpha value is -0.970. The smallest absolute Gasteiger partial charge is 0.210 e. The van der Waals surface area contributed by atoms with E-state index in [0.717, 1.165) is 6.42 Å². The fourth-order valence-corrected chi connectivity index (χ4v) is 0.252. The Morgan fingerprint density at radius 2 is 2.30 bits per heavy atom. The van der Waals surface area contributed by atoms with Gasteiger partial charge in [0.25, 0.3) is 0 Å². The van der Waals surface area contributed by atoms with Crippen molar-refractivity contribution in [2.75, 3.05) is 0 Å². The second kappa shape index (κ2) is 4.87. The maximum absolute atomic E-state index is 5.01. The summed E-state index contributed by atoms with van der Waals surface area (Å²) in [7, 11) is 0. The molecule has 0 aromatic carbocycles. The van der Waals surface area contributed by atoms with Gasteiger partial charge in [0.05, 0.1) is 6.10 Å². The fourth-order valence-electron chi connectivity index (χ4n) is 0.252. The van der Waals surface area contributed by atoms with Gasteiger partial charge >= 0.3 is 0 Å². The van der Waals surface area contributed by atoms with Gasteiger partial charge in [-0.25, -0.2) is 0 Å². The van der Waals surface area contributed by atoms with Gasteiger partial charge in [0.15, 0.2) is 0 Å². The van der Waals surface area contributed by atoms with Gasteiger partial charge in [0.1, 0.15) is 0 Å². The molecule has 60 valence electrons. The Balaban J connectivity index is 3.28. The van der Waals surface area contributed by atoms with Crippen LogP contribution in [0.4, 0.5) is 0 Å². The zero-order chi connectivity index (χ0) is 7.98. The molecule has 0 spiro atoms. The minimum atomic E-state index is -0.0386. The maximum atomic E-state index is 5.01. The second-order valence-corrected chi connectivity index (χ2v) is 1.96. The highest BCUT2D eigenvalue weighted by Gasteiger charge is 1.94. The number of nitrogens with one attached hydrogen (secondary N) is 1. The molecule has 1 unspecified atom stereocenters. The number of nitrogens with two attached hydrogens (primary N) is 2. The van der Waals surface area contributed by atoms with E-state index >= 15 is 0 Å². The van der Waals surface area contributed by atoms with Crippen LogP contribution in [0.1, 0.15) is 20.3 Å². The van der Waals surface area contributed by atoms with Crippen LogP contribution in [-0.2, 0) is 4.84 Å². The summed E-state index contributed by atoms with van der Waals surface area (Å²) >= 11 is 0. The van der Waals surface area contributed by atoms with Gasteiger partial charge in [-0.2, -0.15) is 5.59 Å². The van der Waals surface area contributed by atoms with Gasteiger partial charge in [0.2, 0.25) is 5.96 Å². The molecule has 0 amide bonds. The Morgan fingerprint density at radius 1 is 1.70 bits per heavy atom. The van der Waals surface area contributed by atoms with Crippen molar-refractivity contribution in [2.24, 2.45) is 16.6 Å². The maximum Gasteiger partial charge on any atom is 0.210 e. The first kappa shape index (κ1) is 9.03. The molecular weight excluding hydrogens is 132 g/mol. The largest absolute Gasteiger partial charge is 0.369 e. The van der Waals surface area contributed by atoms with Crippen molar-refractivity contribution >= 4 is 5.96 Å². The van der Waals surface area contributed by atoms with Crippen LogP contribution in [0.3, 0.4) is 0 Å². The lowest BCUT2D eigenvalue weighted by Gasteiger charge is -2.07. The number of hydrogen-bond acceptors (Lipinski definition) is 3. The predicted molar refractivity (Wildman–Crippen MR) is 39.8 cm³/mol.